The number of para-hydroxylation sites is 1. The molecule has 0 fully saturated rings. The number of methoxy groups -OCH3 is 1. The summed E-state index contributed by atoms with van der Waals surface area (Å²) in [7, 11) is 1.62. The summed E-state index contributed by atoms with van der Waals surface area (Å²) >= 11 is 1.57. The first kappa shape index (κ1) is 27.0. The summed E-state index contributed by atoms with van der Waals surface area (Å²) in [6, 6.07) is 23.1. The number of benzene rings is 3. The van der Waals surface area contributed by atoms with E-state index in [2.05, 4.69) is 11.1 Å². The highest BCUT2D eigenvalue weighted by Crippen LogP contribution is 2.48. The van der Waals surface area contributed by atoms with Crippen LogP contribution >= 0.6 is 11.3 Å². The number of aryl methyl sites for hydroxylation is 1. The first-order valence-electron chi connectivity index (χ1n) is 13.6. The van der Waals surface area contributed by atoms with Gasteiger partial charge in [0, 0.05) is 36.1 Å². The molecule has 0 bridgehead atoms. The Morgan fingerprint density at radius 1 is 1.10 bits per heavy atom. The summed E-state index contributed by atoms with van der Waals surface area (Å²) in [6.07, 6.45) is 0.277. The average Bonchev–Trinajstić information content (AvgIpc) is 3.59. The number of aliphatic imine (C=N–C) groups is 1. The molecule has 0 saturated carbocycles. The summed E-state index contributed by atoms with van der Waals surface area (Å²) in [5.41, 5.74) is 3.06. The van der Waals surface area contributed by atoms with Gasteiger partial charge in [0.25, 0.3) is 5.91 Å². The maximum absolute atomic E-state index is 14.7. The summed E-state index contributed by atoms with van der Waals surface area (Å²) < 4.78 is 17.8. The smallest absolute Gasteiger partial charge is 0.260 e. The van der Waals surface area contributed by atoms with E-state index >= 15 is 0 Å². The van der Waals surface area contributed by atoms with Gasteiger partial charge in [-0.1, -0.05) is 30.3 Å². The van der Waals surface area contributed by atoms with Crippen LogP contribution in [-0.2, 0) is 22.5 Å². The van der Waals surface area contributed by atoms with Crippen molar-refractivity contribution in [2.45, 2.75) is 38.0 Å². The number of aromatic nitrogens is 1. The number of nitrogens with zero attached hydrogens (tertiary/aromatic N) is 3. The second-order valence-corrected chi connectivity index (χ2v) is 11.2. The second kappa shape index (κ2) is 11.3. The standard InChI is InChI=1S/C32H31N3O5S/c1-21-33-25(20-41-21)19-35-28-10-4-3-7-24(28)18-32(31(35)37)29(23-8-5-9-27(17-23)38-2)40-30(34-32)22-11-13-26(14-12-22)39-16-6-15-36/h3-5,7-14,17,20,29,36H,6,15-16,18-19H2,1-2H3/t29-,32-/m0/s1. The summed E-state index contributed by atoms with van der Waals surface area (Å²) in [5, 5.41) is 12.0. The van der Waals surface area contributed by atoms with Crippen LogP contribution in [0.25, 0.3) is 0 Å². The van der Waals surface area contributed by atoms with E-state index in [0.717, 1.165) is 33.1 Å². The Balaban J connectivity index is 1.43. The van der Waals surface area contributed by atoms with Gasteiger partial charge in [0.1, 0.15) is 11.5 Å². The molecule has 6 rings (SSSR count). The molecule has 2 atom stereocenters. The predicted octanol–water partition coefficient (Wildman–Crippen LogP) is 5.27. The van der Waals surface area contributed by atoms with Gasteiger partial charge in [-0.15, -0.1) is 11.3 Å². The number of thiazole rings is 1. The third-order valence-corrected chi connectivity index (χ3v) is 8.20. The lowest BCUT2D eigenvalue weighted by Gasteiger charge is -2.40. The number of aliphatic hydroxyl groups is 1. The normalized spacial score (nSPS) is 19.6. The van der Waals surface area contributed by atoms with E-state index in [9.17, 15) is 4.79 Å². The molecule has 41 heavy (non-hydrogen) atoms. The molecule has 0 radical (unpaired) electrons. The van der Waals surface area contributed by atoms with E-state index in [4.69, 9.17) is 24.3 Å². The monoisotopic (exact) mass is 569 g/mol. The second-order valence-electron chi connectivity index (χ2n) is 10.1. The Bertz CT molecular complexity index is 1580. The van der Waals surface area contributed by atoms with Crippen LogP contribution in [0.2, 0.25) is 0 Å². The number of carbonyl (C=O) groups excluding carboxylic acids is 1. The van der Waals surface area contributed by atoms with Crippen molar-refractivity contribution in [1.29, 1.82) is 0 Å². The minimum atomic E-state index is -1.22. The first-order valence-corrected chi connectivity index (χ1v) is 14.4. The van der Waals surface area contributed by atoms with Crippen molar-refractivity contribution in [1.82, 2.24) is 4.98 Å². The van der Waals surface area contributed by atoms with Crippen LogP contribution in [0.1, 0.15) is 39.9 Å². The Kier molecular flexibility index (Phi) is 7.47. The zero-order valence-corrected chi connectivity index (χ0v) is 23.8. The van der Waals surface area contributed by atoms with E-state index in [-0.39, 0.29) is 12.5 Å². The molecule has 2 aliphatic rings. The van der Waals surface area contributed by atoms with Crippen molar-refractivity contribution >= 4 is 28.8 Å². The molecule has 3 heterocycles. The summed E-state index contributed by atoms with van der Waals surface area (Å²) in [6.45, 7) is 2.81. The van der Waals surface area contributed by atoms with Crippen LogP contribution in [0.3, 0.4) is 0 Å². The molecule has 0 unspecified atom stereocenters. The van der Waals surface area contributed by atoms with Crippen LogP contribution < -0.4 is 14.4 Å². The molecule has 4 aromatic rings. The van der Waals surface area contributed by atoms with Gasteiger partial charge in [0.2, 0.25) is 5.90 Å². The zero-order valence-electron chi connectivity index (χ0n) is 22.9. The number of hydrogen-bond donors (Lipinski definition) is 1. The lowest BCUT2D eigenvalue weighted by atomic mass is 9.78. The highest BCUT2D eigenvalue weighted by Gasteiger charge is 2.57. The molecule has 0 saturated heterocycles. The Morgan fingerprint density at radius 3 is 2.68 bits per heavy atom. The molecule has 3 aromatic carbocycles. The van der Waals surface area contributed by atoms with E-state index < -0.39 is 11.6 Å². The minimum Gasteiger partial charge on any atom is -0.497 e. The molecule has 8 nitrogen and oxygen atoms in total. The molecular formula is C32H31N3O5S. The lowest BCUT2D eigenvalue weighted by Crippen LogP contribution is -2.55. The van der Waals surface area contributed by atoms with Crippen LogP contribution in [0.4, 0.5) is 5.69 Å². The number of rotatable bonds is 9. The quantitative estimate of drug-likeness (QED) is 0.276. The number of hydrogen-bond acceptors (Lipinski definition) is 8. The van der Waals surface area contributed by atoms with Crippen LogP contribution in [0.15, 0.2) is 83.2 Å². The molecule has 0 aliphatic carbocycles. The maximum Gasteiger partial charge on any atom is 0.260 e. The Morgan fingerprint density at radius 2 is 1.93 bits per heavy atom. The van der Waals surface area contributed by atoms with E-state index in [0.29, 0.717) is 43.4 Å². The SMILES string of the molecule is COc1cccc([C@@H]2OC(c3ccc(OCCCO)cc3)=N[C@@]23Cc2ccccc2N(Cc2csc(C)n2)C3=O)c1. The van der Waals surface area contributed by atoms with Gasteiger partial charge < -0.3 is 24.2 Å². The molecule has 1 N–H and O–H groups in total. The van der Waals surface area contributed by atoms with Gasteiger partial charge in [-0.25, -0.2) is 9.98 Å². The third-order valence-electron chi connectivity index (χ3n) is 7.38. The fourth-order valence-corrected chi connectivity index (χ4v) is 6.03. The van der Waals surface area contributed by atoms with Crippen molar-refractivity contribution in [3.05, 3.63) is 106 Å². The Labute approximate surface area is 242 Å². The number of aliphatic hydroxyl groups excluding tert-OH is 1. The fourth-order valence-electron chi connectivity index (χ4n) is 5.43. The van der Waals surface area contributed by atoms with E-state index in [1.54, 1.807) is 23.3 Å². The minimum absolute atomic E-state index is 0.0761. The zero-order chi connectivity index (χ0) is 28.4. The van der Waals surface area contributed by atoms with E-state index in [1.807, 2.05) is 79.0 Å². The van der Waals surface area contributed by atoms with Gasteiger partial charge in [-0.2, -0.15) is 0 Å². The summed E-state index contributed by atoms with van der Waals surface area (Å²) in [4.78, 5) is 26.2. The number of fused-ring (bicyclic) bond motifs is 1. The van der Waals surface area contributed by atoms with Crippen LogP contribution in [0.5, 0.6) is 11.5 Å². The number of ether oxygens (including phenoxy) is 3. The lowest BCUT2D eigenvalue weighted by molar-refractivity contribution is -0.127. The molecule has 2 aliphatic heterocycles. The molecule has 9 heteroatoms. The maximum atomic E-state index is 14.7. The fraction of sp³-hybridized carbons (Fsp3) is 0.281. The largest absolute Gasteiger partial charge is 0.497 e. The van der Waals surface area contributed by atoms with Gasteiger partial charge >= 0.3 is 0 Å². The van der Waals surface area contributed by atoms with Crippen molar-refractivity contribution in [2.24, 2.45) is 4.99 Å². The van der Waals surface area contributed by atoms with Crippen molar-refractivity contribution in [3.63, 3.8) is 0 Å². The highest BCUT2D eigenvalue weighted by atomic mass is 32.1. The molecule has 1 spiro atoms. The summed E-state index contributed by atoms with van der Waals surface area (Å²) in [5.74, 6) is 1.63. The van der Waals surface area contributed by atoms with E-state index in [1.165, 1.54) is 0 Å². The van der Waals surface area contributed by atoms with Gasteiger partial charge in [-0.05, 0) is 60.5 Å². The number of carbonyl (C=O) groups is 1. The average molecular weight is 570 g/mol. The van der Waals surface area contributed by atoms with Gasteiger partial charge in [0.15, 0.2) is 11.6 Å². The third kappa shape index (κ3) is 5.18. The van der Waals surface area contributed by atoms with Crippen molar-refractivity contribution in [2.75, 3.05) is 25.2 Å². The van der Waals surface area contributed by atoms with Crippen LogP contribution in [0, 0.1) is 6.92 Å². The molecule has 1 amide bonds. The Hall–Kier alpha value is -4.21. The van der Waals surface area contributed by atoms with Gasteiger partial charge in [-0.3, -0.25) is 4.79 Å². The highest BCUT2D eigenvalue weighted by molar-refractivity contribution is 7.09. The number of amides is 1. The molecule has 210 valence electrons. The van der Waals surface area contributed by atoms with Crippen molar-refractivity contribution in [3.8, 4) is 11.5 Å². The number of anilines is 1. The topological polar surface area (TPSA) is 93.5 Å². The molecular weight excluding hydrogens is 538 g/mol. The first-order chi connectivity index (χ1) is 20.0. The van der Waals surface area contributed by atoms with Crippen LogP contribution in [-0.4, -0.2) is 47.8 Å². The molecule has 1 aromatic heterocycles. The van der Waals surface area contributed by atoms with Crippen molar-refractivity contribution < 1.29 is 24.1 Å². The van der Waals surface area contributed by atoms with Gasteiger partial charge in [0.05, 0.1) is 31.0 Å². The predicted molar refractivity (Wildman–Crippen MR) is 158 cm³/mol.